The number of hydrogen-bond donors (Lipinski definition) is 0. The molecule has 1 heteroatoms. The zero-order valence-corrected chi connectivity index (χ0v) is 15.6. The van der Waals surface area contributed by atoms with Crippen molar-refractivity contribution in [3.63, 3.8) is 0 Å². The van der Waals surface area contributed by atoms with E-state index in [0.717, 1.165) is 6.42 Å². The summed E-state index contributed by atoms with van der Waals surface area (Å²) in [7, 11) is 0. The first-order valence-corrected chi connectivity index (χ1v) is 9.28. The van der Waals surface area contributed by atoms with Gasteiger partial charge in [0.2, 0.25) is 0 Å². The number of benzene rings is 4. The van der Waals surface area contributed by atoms with E-state index in [1.807, 2.05) is 0 Å². The van der Waals surface area contributed by atoms with Gasteiger partial charge in [-0.05, 0) is 62.7 Å². The summed E-state index contributed by atoms with van der Waals surface area (Å²) in [6, 6.07) is 20.0. The molecule has 25 heavy (non-hydrogen) atoms. The number of ether oxygens (including phenoxy) is 1. The minimum atomic E-state index is 0.194. The van der Waals surface area contributed by atoms with Crippen molar-refractivity contribution in [1.29, 1.82) is 0 Å². The third-order valence-electron chi connectivity index (χ3n) is 6.09. The van der Waals surface area contributed by atoms with Crippen LogP contribution in [0.5, 0.6) is 0 Å². The lowest BCUT2D eigenvalue weighted by molar-refractivity contribution is -0.0244. The largest absolute Gasteiger partial charge is 0.373 e. The maximum Gasteiger partial charge on any atom is 0.0727 e. The van der Waals surface area contributed by atoms with Gasteiger partial charge in [0.25, 0.3) is 0 Å². The summed E-state index contributed by atoms with van der Waals surface area (Å²) in [5.41, 5.74) is 1.48. The maximum absolute atomic E-state index is 6.31. The fourth-order valence-electron chi connectivity index (χ4n) is 3.68. The Morgan fingerprint density at radius 2 is 1.52 bits per heavy atom. The van der Waals surface area contributed by atoms with Gasteiger partial charge in [0, 0.05) is 0 Å². The second-order valence-electron chi connectivity index (χ2n) is 7.88. The Morgan fingerprint density at radius 1 is 0.880 bits per heavy atom. The van der Waals surface area contributed by atoms with E-state index < -0.39 is 0 Å². The Morgan fingerprint density at radius 3 is 2.24 bits per heavy atom. The van der Waals surface area contributed by atoms with E-state index in [-0.39, 0.29) is 11.5 Å². The molecule has 1 atom stereocenters. The Hall–Kier alpha value is -2.12. The van der Waals surface area contributed by atoms with E-state index in [1.54, 1.807) is 0 Å². The number of rotatable bonds is 5. The normalized spacial score (nSPS) is 13.9. The van der Waals surface area contributed by atoms with Crippen LogP contribution in [0.1, 0.15) is 39.7 Å². The lowest BCUT2D eigenvalue weighted by Gasteiger charge is -2.30. The molecule has 0 aliphatic rings. The highest BCUT2D eigenvalue weighted by molar-refractivity contribution is 6.23. The summed E-state index contributed by atoms with van der Waals surface area (Å²) in [4.78, 5) is 0. The second kappa shape index (κ2) is 6.00. The van der Waals surface area contributed by atoms with E-state index in [2.05, 4.69) is 82.3 Å². The molecule has 0 N–H and O–H groups in total. The van der Waals surface area contributed by atoms with Crippen molar-refractivity contribution in [2.75, 3.05) is 0 Å². The van der Waals surface area contributed by atoms with Crippen LogP contribution in [0, 0.1) is 5.41 Å². The Kier molecular flexibility index (Phi) is 3.92. The smallest absolute Gasteiger partial charge is 0.0727 e. The predicted molar refractivity (Wildman–Crippen MR) is 108 cm³/mol. The van der Waals surface area contributed by atoms with Gasteiger partial charge >= 0.3 is 0 Å². The zero-order chi connectivity index (χ0) is 17.6. The van der Waals surface area contributed by atoms with E-state index in [9.17, 15) is 0 Å². The quantitative estimate of drug-likeness (QED) is 0.361. The molecule has 0 heterocycles. The van der Waals surface area contributed by atoms with Crippen LogP contribution >= 0.6 is 0 Å². The Balaban J connectivity index is 1.84. The van der Waals surface area contributed by atoms with Gasteiger partial charge in [0.1, 0.15) is 0 Å². The van der Waals surface area contributed by atoms with Crippen molar-refractivity contribution in [3.8, 4) is 0 Å². The van der Waals surface area contributed by atoms with Crippen molar-refractivity contribution in [2.24, 2.45) is 5.41 Å². The molecule has 0 aromatic heterocycles. The molecule has 0 radical (unpaired) electrons. The minimum Gasteiger partial charge on any atom is -0.373 e. The molecule has 4 aromatic rings. The van der Waals surface area contributed by atoms with Gasteiger partial charge in [-0.1, -0.05) is 69.3 Å². The summed E-state index contributed by atoms with van der Waals surface area (Å²) in [6.45, 7) is 9.65. The molecule has 0 bridgehead atoms. The molecule has 0 amide bonds. The molecule has 0 aliphatic carbocycles. The van der Waals surface area contributed by atoms with Crippen LogP contribution in [0.15, 0.2) is 54.6 Å². The first kappa shape index (κ1) is 16.4. The van der Waals surface area contributed by atoms with Gasteiger partial charge in [-0.15, -0.1) is 0 Å². The Bertz CT molecular complexity index is 1030. The van der Waals surface area contributed by atoms with Crippen LogP contribution in [0.2, 0.25) is 0 Å². The van der Waals surface area contributed by atoms with Gasteiger partial charge in [0.05, 0.1) is 12.7 Å². The molecule has 0 fully saturated rings. The lowest BCUT2D eigenvalue weighted by atomic mass is 9.84. The van der Waals surface area contributed by atoms with Gasteiger partial charge in [-0.2, -0.15) is 0 Å². The van der Waals surface area contributed by atoms with Crippen molar-refractivity contribution < 1.29 is 4.74 Å². The summed E-state index contributed by atoms with van der Waals surface area (Å²) >= 11 is 0. The van der Waals surface area contributed by atoms with E-state index in [4.69, 9.17) is 4.74 Å². The molecule has 4 rings (SSSR count). The van der Waals surface area contributed by atoms with Crippen LogP contribution in [0.4, 0.5) is 0 Å². The highest BCUT2D eigenvalue weighted by atomic mass is 16.5. The summed E-state index contributed by atoms with van der Waals surface area (Å²) in [5, 5.41) is 8.01. The molecule has 1 nitrogen and oxygen atoms in total. The van der Waals surface area contributed by atoms with Crippen molar-refractivity contribution in [2.45, 2.75) is 46.8 Å². The predicted octanol–water partition coefficient (Wildman–Crippen LogP) is 6.93. The summed E-state index contributed by atoms with van der Waals surface area (Å²) in [5.74, 6) is 0. The third-order valence-corrected chi connectivity index (χ3v) is 6.09. The molecule has 4 aromatic carbocycles. The molecular formula is C24H26O. The fraction of sp³-hybridized carbons (Fsp3) is 0.333. The average Bonchev–Trinajstić information content (AvgIpc) is 2.64. The van der Waals surface area contributed by atoms with E-state index >= 15 is 0 Å². The SMILES string of the molecule is CCC(C)(C)C(C)OCc1cc2cccc3ccc4cccc1c4c32. The Labute approximate surface area is 149 Å². The van der Waals surface area contributed by atoms with Crippen molar-refractivity contribution in [1.82, 2.24) is 0 Å². The van der Waals surface area contributed by atoms with Crippen LogP contribution < -0.4 is 0 Å². The monoisotopic (exact) mass is 330 g/mol. The topological polar surface area (TPSA) is 9.23 Å². The number of hydrogen-bond acceptors (Lipinski definition) is 1. The van der Waals surface area contributed by atoms with Crippen LogP contribution in [0.3, 0.4) is 0 Å². The van der Waals surface area contributed by atoms with Gasteiger partial charge < -0.3 is 4.74 Å². The highest BCUT2D eigenvalue weighted by Gasteiger charge is 2.24. The molecule has 0 saturated carbocycles. The van der Waals surface area contributed by atoms with Crippen LogP contribution in [0.25, 0.3) is 32.3 Å². The first-order valence-electron chi connectivity index (χ1n) is 9.28. The highest BCUT2D eigenvalue weighted by Crippen LogP contribution is 2.37. The fourth-order valence-corrected chi connectivity index (χ4v) is 3.68. The lowest BCUT2D eigenvalue weighted by Crippen LogP contribution is -2.28. The maximum atomic E-state index is 6.31. The van der Waals surface area contributed by atoms with E-state index in [0.29, 0.717) is 6.61 Å². The molecular weight excluding hydrogens is 304 g/mol. The summed E-state index contributed by atoms with van der Waals surface area (Å²) < 4.78 is 6.31. The molecule has 0 saturated heterocycles. The second-order valence-corrected chi connectivity index (χ2v) is 7.88. The molecule has 0 aliphatic heterocycles. The van der Waals surface area contributed by atoms with Crippen LogP contribution in [-0.4, -0.2) is 6.10 Å². The molecule has 0 spiro atoms. The van der Waals surface area contributed by atoms with Crippen molar-refractivity contribution >= 4 is 32.3 Å². The summed E-state index contributed by atoms with van der Waals surface area (Å²) in [6.07, 6.45) is 1.34. The average molecular weight is 330 g/mol. The van der Waals surface area contributed by atoms with Gasteiger partial charge in [0.15, 0.2) is 0 Å². The van der Waals surface area contributed by atoms with Crippen molar-refractivity contribution in [3.05, 3.63) is 60.2 Å². The molecule has 128 valence electrons. The standard InChI is InChI=1S/C24H26O/c1-5-24(3,4)16(2)25-15-20-14-19-10-6-8-17-12-13-18-9-7-11-21(20)23(18)22(17)19/h6-14,16H,5,15H2,1-4H3. The van der Waals surface area contributed by atoms with Gasteiger partial charge in [-0.3, -0.25) is 0 Å². The third kappa shape index (κ3) is 2.67. The van der Waals surface area contributed by atoms with Crippen LogP contribution in [-0.2, 0) is 11.3 Å². The van der Waals surface area contributed by atoms with E-state index in [1.165, 1.54) is 37.9 Å². The minimum absolute atomic E-state index is 0.194. The zero-order valence-electron chi connectivity index (χ0n) is 15.6. The molecule has 1 unspecified atom stereocenters. The first-order chi connectivity index (χ1) is 12.0. The van der Waals surface area contributed by atoms with Gasteiger partial charge in [-0.25, -0.2) is 0 Å².